The first-order valence-electron chi connectivity index (χ1n) is 15.2. The van der Waals surface area contributed by atoms with Crippen LogP contribution in [0.2, 0.25) is 0 Å². The van der Waals surface area contributed by atoms with Crippen LogP contribution in [0.4, 0.5) is 0 Å². The number of carbonyl (C=O) groups is 2. The molecule has 2 atom stereocenters. The summed E-state index contributed by atoms with van der Waals surface area (Å²) >= 11 is 0. The lowest BCUT2D eigenvalue weighted by Gasteiger charge is -2.11. The molecule has 0 saturated carbocycles. The largest absolute Gasteiger partial charge is 0.370 e. The number of amides is 2. The van der Waals surface area contributed by atoms with Gasteiger partial charge in [-0.2, -0.15) is 0 Å². The molecule has 0 saturated heterocycles. The maximum Gasteiger partial charge on any atom is 0.236 e. The third-order valence-electron chi connectivity index (χ3n) is 6.87. The van der Waals surface area contributed by atoms with Gasteiger partial charge in [0.05, 0.1) is 24.5 Å². The van der Waals surface area contributed by atoms with Gasteiger partial charge in [-0.3, -0.25) is 28.9 Å². The van der Waals surface area contributed by atoms with Gasteiger partial charge in [-0.05, 0) is 44.6 Å². The Morgan fingerprint density at radius 1 is 0.717 bits per heavy atom. The van der Waals surface area contributed by atoms with Gasteiger partial charge in [0.25, 0.3) is 0 Å². The minimum Gasteiger partial charge on any atom is -0.370 e. The van der Waals surface area contributed by atoms with Crippen molar-refractivity contribution in [3.05, 3.63) is 36.7 Å². The number of aromatic nitrogens is 6. The van der Waals surface area contributed by atoms with Crippen LogP contribution in [0.15, 0.2) is 46.6 Å². The lowest BCUT2D eigenvalue weighted by molar-refractivity contribution is -0.123. The van der Waals surface area contributed by atoms with Crippen molar-refractivity contribution in [2.75, 3.05) is 26.2 Å². The van der Waals surface area contributed by atoms with Crippen LogP contribution in [-0.2, 0) is 22.7 Å². The van der Waals surface area contributed by atoms with Crippen molar-refractivity contribution in [1.82, 2.24) is 40.6 Å². The van der Waals surface area contributed by atoms with E-state index < -0.39 is 12.1 Å². The molecule has 14 N–H and O–H groups in total. The lowest BCUT2D eigenvalue weighted by Crippen LogP contribution is -2.41. The molecule has 0 spiro atoms. The molecule has 3 rings (SSSR count). The second kappa shape index (κ2) is 18.6. The molecule has 0 bridgehead atoms. The van der Waals surface area contributed by atoms with E-state index in [0.717, 1.165) is 11.1 Å². The first kappa shape index (κ1) is 35.4. The van der Waals surface area contributed by atoms with E-state index in [9.17, 15) is 9.59 Å². The van der Waals surface area contributed by atoms with E-state index >= 15 is 0 Å². The van der Waals surface area contributed by atoms with Crippen molar-refractivity contribution >= 4 is 23.7 Å². The summed E-state index contributed by atoms with van der Waals surface area (Å²) in [5, 5.41) is 22.7. The summed E-state index contributed by atoms with van der Waals surface area (Å²) in [6.45, 7) is 2.95. The van der Waals surface area contributed by atoms with Gasteiger partial charge in [-0.15, -0.1) is 10.2 Å². The number of nitrogens with one attached hydrogen (secondary N) is 2. The van der Waals surface area contributed by atoms with Crippen LogP contribution in [0.25, 0.3) is 22.5 Å². The molecule has 18 nitrogen and oxygen atoms in total. The van der Waals surface area contributed by atoms with E-state index in [1.54, 1.807) is 9.36 Å². The van der Waals surface area contributed by atoms with Crippen LogP contribution >= 0.6 is 0 Å². The fourth-order valence-corrected chi connectivity index (χ4v) is 4.39. The zero-order valence-electron chi connectivity index (χ0n) is 26.0. The Balaban J connectivity index is 1.40. The van der Waals surface area contributed by atoms with Gasteiger partial charge in [0.1, 0.15) is 11.4 Å². The molecule has 250 valence electrons. The number of carbonyl (C=O) groups excluding carboxylic acids is 2. The molecule has 0 unspecified atom stereocenters. The molecular formula is C28H46N16O2. The second-order valence-electron chi connectivity index (χ2n) is 10.7. The highest BCUT2D eigenvalue weighted by Crippen LogP contribution is 2.23. The summed E-state index contributed by atoms with van der Waals surface area (Å²) in [6.07, 6.45) is 7.27. The number of aryl methyl sites for hydroxylation is 2. The number of nitrogens with two attached hydrogens (primary N) is 6. The molecule has 46 heavy (non-hydrogen) atoms. The molecule has 2 heterocycles. The molecule has 0 aliphatic carbocycles. The normalized spacial score (nSPS) is 12.2. The molecule has 0 fully saturated rings. The van der Waals surface area contributed by atoms with Crippen LogP contribution in [0.3, 0.4) is 0 Å². The number of benzene rings is 1. The number of hydrogen-bond donors (Lipinski definition) is 8. The van der Waals surface area contributed by atoms with E-state index in [-0.39, 0.29) is 23.7 Å². The van der Waals surface area contributed by atoms with Crippen LogP contribution in [0, 0.1) is 0 Å². The third kappa shape index (κ3) is 12.5. The van der Waals surface area contributed by atoms with E-state index in [0.29, 0.717) is 89.2 Å². The van der Waals surface area contributed by atoms with Crippen molar-refractivity contribution < 1.29 is 9.59 Å². The van der Waals surface area contributed by atoms with E-state index in [1.807, 2.05) is 36.7 Å². The Bertz CT molecular complexity index is 1340. The molecule has 0 aliphatic rings. The van der Waals surface area contributed by atoms with E-state index in [4.69, 9.17) is 34.4 Å². The highest BCUT2D eigenvalue weighted by molar-refractivity contribution is 5.81. The Hall–Kier alpha value is -5.10. The monoisotopic (exact) mass is 638 g/mol. The second-order valence-corrected chi connectivity index (χ2v) is 10.7. The highest BCUT2D eigenvalue weighted by Gasteiger charge is 2.14. The molecular weight excluding hydrogens is 592 g/mol. The summed E-state index contributed by atoms with van der Waals surface area (Å²) in [7, 11) is 0. The molecule has 0 radical (unpaired) electrons. The summed E-state index contributed by atoms with van der Waals surface area (Å²) in [5.74, 6) is -0.374. The van der Waals surface area contributed by atoms with Crippen LogP contribution in [-0.4, -0.2) is 92.0 Å². The highest BCUT2D eigenvalue weighted by atomic mass is 16.2. The molecule has 0 aliphatic heterocycles. The standard InChI is InChI=1S/C28H46N16O2/c29-21(8-2-10-37-27(31)32)25(45)35-12-4-14-43-17-23(39-41-43)19-6-1-7-20(16-19)24-18-44(42-40-24)15-5-13-36-26(46)22(30)9-3-11-38-28(33)34/h1,6-7,16-18,21-22H,2-5,8-15,29-30H2,(H,35,45)(H,36,46)(H4,31,32,37)(H4,33,34,38)/t21-,22-/m0/s1. The SMILES string of the molecule is NC(N)=NCCC[C@H](N)C(=O)NCCCn1cc(-c2cccc(-c3cn(CCCNC(=O)[C@@H](N)CCCN=C(N)N)nn3)c2)nn1. The van der Waals surface area contributed by atoms with Crippen molar-refractivity contribution in [3.8, 4) is 22.5 Å². The number of guanidine groups is 2. The minimum absolute atomic E-state index is 0.0237. The topological polar surface area (TPSA) is 300 Å². The summed E-state index contributed by atoms with van der Waals surface area (Å²) in [4.78, 5) is 32.2. The van der Waals surface area contributed by atoms with Crippen LogP contribution in [0.1, 0.15) is 38.5 Å². The third-order valence-corrected chi connectivity index (χ3v) is 6.87. The van der Waals surface area contributed by atoms with Crippen molar-refractivity contribution in [2.45, 2.75) is 63.7 Å². The molecule has 2 aromatic heterocycles. The van der Waals surface area contributed by atoms with Crippen LogP contribution in [0.5, 0.6) is 0 Å². The first-order valence-corrected chi connectivity index (χ1v) is 15.2. The Morgan fingerprint density at radius 2 is 1.15 bits per heavy atom. The lowest BCUT2D eigenvalue weighted by atomic mass is 10.1. The van der Waals surface area contributed by atoms with Crippen LogP contribution < -0.4 is 45.0 Å². The van der Waals surface area contributed by atoms with E-state index in [1.165, 1.54) is 0 Å². The van der Waals surface area contributed by atoms with Crippen molar-refractivity contribution in [3.63, 3.8) is 0 Å². The Labute approximate surface area is 267 Å². The Kier molecular flexibility index (Phi) is 14.3. The summed E-state index contributed by atoms with van der Waals surface area (Å²) in [5.41, 5.74) is 36.2. The zero-order valence-corrected chi connectivity index (χ0v) is 26.0. The van der Waals surface area contributed by atoms with Gasteiger partial charge in [-0.1, -0.05) is 28.6 Å². The first-order chi connectivity index (χ1) is 22.1. The van der Waals surface area contributed by atoms with Crippen molar-refractivity contribution in [1.29, 1.82) is 0 Å². The number of aliphatic imine (C=N–C) groups is 2. The number of hydrogen-bond acceptors (Lipinski definition) is 10. The van der Waals surface area contributed by atoms with Gasteiger partial charge in [-0.25, -0.2) is 0 Å². The fourth-order valence-electron chi connectivity index (χ4n) is 4.39. The average molecular weight is 639 g/mol. The fraction of sp³-hybridized carbons (Fsp3) is 0.500. The zero-order chi connectivity index (χ0) is 33.3. The minimum atomic E-state index is -0.613. The molecule has 2 amide bonds. The van der Waals surface area contributed by atoms with Gasteiger partial charge >= 0.3 is 0 Å². The molecule has 18 heteroatoms. The predicted octanol–water partition coefficient (Wildman–Crippen LogP) is -2.02. The maximum absolute atomic E-state index is 12.2. The average Bonchev–Trinajstić information content (AvgIpc) is 3.71. The van der Waals surface area contributed by atoms with E-state index in [2.05, 4.69) is 41.2 Å². The summed E-state index contributed by atoms with van der Waals surface area (Å²) < 4.78 is 3.47. The number of rotatable bonds is 20. The van der Waals surface area contributed by atoms with Gasteiger partial charge < -0.3 is 45.0 Å². The van der Waals surface area contributed by atoms with Gasteiger partial charge in [0.15, 0.2) is 11.9 Å². The van der Waals surface area contributed by atoms with Gasteiger partial charge in [0, 0.05) is 50.4 Å². The number of nitrogens with zero attached hydrogens (tertiary/aromatic N) is 8. The van der Waals surface area contributed by atoms with Crippen molar-refractivity contribution in [2.24, 2.45) is 44.4 Å². The molecule has 3 aromatic rings. The Morgan fingerprint density at radius 3 is 1.57 bits per heavy atom. The predicted molar refractivity (Wildman–Crippen MR) is 175 cm³/mol. The van der Waals surface area contributed by atoms with Gasteiger partial charge in [0.2, 0.25) is 11.8 Å². The smallest absolute Gasteiger partial charge is 0.236 e. The quantitative estimate of drug-likeness (QED) is 0.0378. The summed E-state index contributed by atoms with van der Waals surface area (Å²) in [6, 6.07) is 6.58. The maximum atomic E-state index is 12.2. The molecule has 1 aromatic carbocycles.